The average Bonchev–Trinajstić information content (AvgIpc) is 3.18. The van der Waals surface area contributed by atoms with Crippen molar-refractivity contribution >= 4 is 10.9 Å². The minimum Gasteiger partial charge on any atom is -0.494 e. The molecule has 0 atom stereocenters. The molecule has 0 radical (unpaired) electrons. The Balaban J connectivity index is 1.30. The highest BCUT2D eigenvalue weighted by Gasteiger charge is 1.99. The van der Waals surface area contributed by atoms with Crippen LogP contribution >= 0.6 is 0 Å². The molecule has 0 aliphatic heterocycles. The van der Waals surface area contributed by atoms with Crippen LogP contribution in [-0.4, -0.2) is 11.6 Å². The molecule has 0 spiro atoms. The van der Waals surface area contributed by atoms with Gasteiger partial charge < -0.3 is 9.72 Å². The van der Waals surface area contributed by atoms with Gasteiger partial charge in [-0.25, -0.2) is 0 Å². The van der Waals surface area contributed by atoms with Crippen LogP contribution < -0.4 is 4.74 Å². The Morgan fingerprint density at radius 1 is 0.643 bits per heavy atom. The van der Waals surface area contributed by atoms with Gasteiger partial charge in [0.2, 0.25) is 0 Å². The lowest BCUT2D eigenvalue weighted by atomic mass is 10.0. The zero-order valence-corrected chi connectivity index (χ0v) is 18.3. The molecule has 1 N–H and O–H groups in total. The summed E-state index contributed by atoms with van der Waals surface area (Å²) < 4.78 is 5.89. The standard InChI is InChI=1S/C26H43NO/c1-2-3-4-5-6-7-8-9-10-11-12-13-14-15-16-17-22-28-25-18-19-26-24(23-25)20-21-27-26/h18-21,23,27H,2-17,22H2,1H3. The second-order valence-electron chi connectivity index (χ2n) is 8.38. The van der Waals surface area contributed by atoms with Gasteiger partial charge in [-0.1, -0.05) is 103 Å². The number of hydrogen-bond donors (Lipinski definition) is 1. The molecule has 0 aliphatic rings. The van der Waals surface area contributed by atoms with Crippen LogP contribution in [-0.2, 0) is 0 Å². The zero-order valence-electron chi connectivity index (χ0n) is 18.3. The third kappa shape index (κ3) is 10.2. The molecule has 158 valence electrons. The number of unbranched alkanes of at least 4 members (excludes halogenated alkanes) is 15. The second-order valence-corrected chi connectivity index (χ2v) is 8.38. The first-order valence-electron chi connectivity index (χ1n) is 12.1. The van der Waals surface area contributed by atoms with Crippen molar-refractivity contribution in [1.82, 2.24) is 4.98 Å². The van der Waals surface area contributed by atoms with Gasteiger partial charge in [-0.3, -0.25) is 0 Å². The SMILES string of the molecule is CCCCCCCCCCCCCCCCCCOc1ccc2[nH]ccc2c1. The van der Waals surface area contributed by atoms with E-state index in [2.05, 4.69) is 36.2 Å². The normalized spacial score (nSPS) is 11.3. The van der Waals surface area contributed by atoms with E-state index in [4.69, 9.17) is 4.74 Å². The van der Waals surface area contributed by atoms with E-state index in [1.807, 2.05) is 6.20 Å². The zero-order chi connectivity index (χ0) is 19.7. The van der Waals surface area contributed by atoms with E-state index < -0.39 is 0 Å². The maximum atomic E-state index is 5.89. The molecule has 2 rings (SSSR count). The molecule has 2 aromatic rings. The Morgan fingerprint density at radius 3 is 1.75 bits per heavy atom. The summed E-state index contributed by atoms with van der Waals surface area (Å²) in [5, 5.41) is 1.23. The summed E-state index contributed by atoms with van der Waals surface area (Å²) >= 11 is 0. The Kier molecular flexibility index (Phi) is 12.6. The summed E-state index contributed by atoms with van der Waals surface area (Å²) in [4.78, 5) is 3.22. The summed E-state index contributed by atoms with van der Waals surface area (Å²) in [5.41, 5.74) is 1.18. The van der Waals surface area contributed by atoms with Crippen molar-refractivity contribution in [2.45, 2.75) is 110 Å². The molecule has 0 bridgehead atoms. The number of H-pyrrole nitrogens is 1. The third-order valence-corrected chi connectivity index (χ3v) is 5.79. The molecule has 0 unspecified atom stereocenters. The maximum absolute atomic E-state index is 5.89. The second kappa shape index (κ2) is 15.5. The van der Waals surface area contributed by atoms with Crippen LogP contribution in [0, 0.1) is 0 Å². The minimum atomic E-state index is 0.842. The highest BCUT2D eigenvalue weighted by atomic mass is 16.5. The van der Waals surface area contributed by atoms with E-state index in [0.29, 0.717) is 0 Å². The molecule has 1 aromatic heterocycles. The van der Waals surface area contributed by atoms with Gasteiger partial charge in [-0.05, 0) is 30.7 Å². The summed E-state index contributed by atoms with van der Waals surface area (Å²) in [6, 6.07) is 8.37. The van der Waals surface area contributed by atoms with E-state index in [0.717, 1.165) is 12.4 Å². The highest BCUT2D eigenvalue weighted by Crippen LogP contribution is 2.20. The van der Waals surface area contributed by atoms with Crippen molar-refractivity contribution in [3.63, 3.8) is 0 Å². The quantitative estimate of drug-likeness (QED) is 0.255. The smallest absolute Gasteiger partial charge is 0.120 e. The van der Waals surface area contributed by atoms with Gasteiger partial charge in [0.1, 0.15) is 5.75 Å². The average molecular weight is 386 g/mol. The van der Waals surface area contributed by atoms with Crippen LogP contribution in [0.5, 0.6) is 5.75 Å². The first-order valence-corrected chi connectivity index (χ1v) is 12.1. The molecular weight excluding hydrogens is 342 g/mol. The molecule has 1 heterocycles. The lowest BCUT2D eigenvalue weighted by Crippen LogP contribution is -1.97. The Morgan fingerprint density at radius 2 is 1.18 bits per heavy atom. The van der Waals surface area contributed by atoms with Crippen molar-refractivity contribution in [3.05, 3.63) is 30.5 Å². The monoisotopic (exact) mass is 385 g/mol. The van der Waals surface area contributed by atoms with Gasteiger partial charge in [0, 0.05) is 17.1 Å². The topological polar surface area (TPSA) is 25.0 Å². The van der Waals surface area contributed by atoms with Gasteiger partial charge in [-0.2, -0.15) is 0 Å². The molecule has 0 fully saturated rings. The molecule has 0 saturated heterocycles. The lowest BCUT2D eigenvalue weighted by molar-refractivity contribution is 0.304. The number of aromatic amines is 1. The van der Waals surface area contributed by atoms with Crippen molar-refractivity contribution in [3.8, 4) is 5.75 Å². The Bertz CT molecular complexity index is 603. The van der Waals surface area contributed by atoms with Crippen molar-refractivity contribution in [1.29, 1.82) is 0 Å². The van der Waals surface area contributed by atoms with E-state index in [1.54, 1.807) is 0 Å². The van der Waals surface area contributed by atoms with Crippen LogP contribution in [0.2, 0.25) is 0 Å². The third-order valence-electron chi connectivity index (χ3n) is 5.79. The fourth-order valence-electron chi connectivity index (χ4n) is 3.96. The number of benzene rings is 1. The van der Waals surface area contributed by atoms with Crippen molar-refractivity contribution in [2.75, 3.05) is 6.61 Å². The Labute approximate surface area is 173 Å². The number of aromatic nitrogens is 1. The van der Waals surface area contributed by atoms with Gasteiger partial charge >= 0.3 is 0 Å². The van der Waals surface area contributed by atoms with Crippen LogP contribution in [0.4, 0.5) is 0 Å². The van der Waals surface area contributed by atoms with E-state index in [9.17, 15) is 0 Å². The summed E-state index contributed by atoms with van der Waals surface area (Å²) in [6.45, 7) is 3.13. The van der Waals surface area contributed by atoms with Crippen molar-refractivity contribution < 1.29 is 4.74 Å². The Hall–Kier alpha value is -1.44. The summed E-state index contributed by atoms with van der Waals surface area (Å²) in [7, 11) is 0. The maximum Gasteiger partial charge on any atom is 0.120 e. The highest BCUT2D eigenvalue weighted by molar-refractivity contribution is 5.80. The van der Waals surface area contributed by atoms with Crippen LogP contribution in [0.15, 0.2) is 30.5 Å². The number of rotatable bonds is 18. The predicted molar refractivity (Wildman–Crippen MR) is 123 cm³/mol. The molecule has 2 nitrogen and oxygen atoms in total. The first-order chi connectivity index (χ1) is 13.9. The summed E-state index contributed by atoms with van der Waals surface area (Å²) in [5.74, 6) is 0.994. The molecule has 28 heavy (non-hydrogen) atoms. The molecule has 1 aromatic carbocycles. The number of hydrogen-bond acceptors (Lipinski definition) is 1. The fraction of sp³-hybridized carbons (Fsp3) is 0.692. The van der Waals surface area contributed by atoms with Crippen LogP contribution in [0.3, 0.4) is 0 Å². The number of fused-ring (bicyclic) bond motifs is 1. The lowest BCUT2D eigenvalue weighted by Gasteiger charge is -2.06. The summed E-state index contributed by atoms with van der Waals surface area (Å²) in [6.07, 6.45) is 24.5. The van der Waals surface area contributed by atoms with E-state index in [-0.39, 0.29) is 0 Å². The minimum absolute atomic E-state index is 0.842. The molecule has 2 heteroatoms. The molecule has 0 saturated carbocycles. The van der Waals surface area contributed by atoms with Gasteiger partial charge in [0.05, 0.1) is 6.61 Å². The van der Waals surface area contributed by atoms with Gasteiger partial charge in [0.15, 0.2) is 0 Å². The van der Waals surface area contributed by atoms with Crippen LogP contribution in [0.1, 0.15) is 110 Å². The predicted octanol–water partition coefficient (Wildman–Crippen LogP) is 8.81. The number of ether oxygens (including phenoxy) is 1. The first kappa shape index (κ1) is 22.8. The van der Waals surface area contributed by atoms with Crippen molar-refractivity contribution in [2.24, 2.45) is 0 Å². The van der Waals surface area contributed by atoms with E-state index in [1.165, 1.54) is 114 Å². The molecular formula is C26H43NO. The van der Waals surface area contributed by atoms with Gasteiger partial charge in [-0.15, -0.1) is 0 Å². The largest absolute Gasteiger partial charge is 0.494 e. The number of nitrogens with one attached hydrogen (secondary N) is 1. The van der Waals surface area contributed by atoms with Gasteiger partial charge in [0.25, 0.3) is 0 Å². The van der Waals surface area contributed by atoms with E-state index >= 15 is 0 Å². The van der Waals surface area contributed by atoms with Crippen LogP contribution in [0.25, 0.3) is 10.9 Å². The fourth-order valence-corrected chi connectivity index (χ4v) is 3.96. The molecule has 0 aliphatic carbocycles. The molecule has 0 amide bonds.